The van der Waals surface area contributed by atoms with Crippen molar-refractivity contribution in [2.75, 3.05) is 6.54 Å². The highest BCUT2D eigenvalue weighted by Crippen LogP contribution is 2.55. The van der Waals surface area contributed by atoms with Crippen molar-refractivity contribution < 1.29 is 0 Å². The van der Waals surface area contributed by atoms with Gasteiger partial charge in [0.2, 0.25) is 0 Å². The van der Waals surface area contributed by atoms with Crippen molar-refractivity contribution in [2.24, 2.45) is 5.73 Å². The second-order valence-electron chi connectivity index (χ2n) is 6.80. The van der Waals surface area contributed by atoms with E-state index in [-0.39, 0.29) is 0 Å². The highest BCUT2D eigenvalue weighted by molar-refractivity contribution is 7.89. The van der Waals surface area contributed by atoms with E-state index in [4.69, 9.17) is 5.73 Å². The van der Waals surface area contributed by atoms with Gasteiger partial charge in [0.25, 0.3) is 0 Å². The van der Waals surface area contributed by atoms with Gasteiger partial charge in [0, 0.05) is 11.9 Å². The molecular weight excluding hydrogens is 388 g/mol. The van der Waals surface area contributed by atoms with Crippen LogP contribution in [0.3, 0.4) is 0 Å². The lowest BCUT2D eigenvalue weighted by Gasteiger charge is -2.35. The smallest absolute Gasteiger partial charge is 0.0277 e. The first-order valence-electron chi connectivity index (χ1n) is 9.87. The zero-order chi connectivity index (χ0) is 19.9. The molecule has 0 aliphatic rings. The van der Waals surface area contributed by atoms with E-state index in [1.54, 1.807) is 0 Å². The topological polar surface area (TPSA) is 26.0 Å². The molecule has 144 valence electrons. The minimum absolute atomic E-state index is 0.356. The summed E-state index contributed by atoms with van der Waals surface area (Å²) in [7, 11) is -1.19. The second kappa shape index (κ2) is 9.95. The summed E-state index contributed by atoms with van der Waals surface area (Å²) in [4.78, 5) is 0. The molecule has 0 unspecified atom stereocenters. The zero-order valence-electron chi connectivity index (χ0n) is 16.3. The zero-order valence-corrected chi connectivity index (χ0v) is 18.1. The molecule has 4 aromatic carbocycles. The van der Waals surface area contributed by atoms with Crippen LogP contribution in [0.5, 0.6) is 0 Å². The SMILES string of the molecule is NCC(P(c1ccccc1)c1ccccc1)P(c1ccccc1)c1ccccc1. The molecular formula is C26H25NP2. The Labute approximate surface area is 176 Å². The minimum atomic E-state index is -0.597. The molecule has 0 bridgehead atoms. The van der Waals surface area contributed by atoms with Gasteiger partial charge in [0.15, 0.2) is 0 Å². The lowest BCUT2D eigenvalue weighted by atomic mass is 10.4. The van der Waals surface area contributed by atoms with Gasteiger partial charge in [-0.2, -0.15) is 0 Å². The van der Waals surface area contributed by atoms with Gasteiger partial charge in [-0.1, -0.05) is 121 Å². The van der Waals surface area contributed by atoms with E-state index in [9.17, 15) is 0 Å². The molecule has 0 atom stereocenters. The molecule has 0 spiro atoms. The maximum atomic E-state index is 6.56. The van der Waals surface area contributed by atoms with Crippen LogP contribution in [0.2, 0.25) is 0 Å². The first kappa shape index (κ1) is 20.0. The Morgan fingerprint density at radius 1 is 0.448 bits per heavy atom. The molecule has 2 N–H and O–H groups in total. The van der Waals surface area contributed by atoms with E-state index in [2.05, 4.69) is 121 Å². The third-order valence-electron chi connectivity index (χ3n) is 4.94. The van der Waals surface area contributed by atoms with E-state index in [0.29, 0.717) is 11.9 Å². The minimum Gasteiger partial charge on any atom is -0.329 e. The van der Waals surface area contributed by atoms with Crippen LogP contribution >= 0.6 is 15.8 Å². The van der Waals surface area contributed by atoms with Gasteiger partial charge in [-0.15, -0.1) is 0 Å². The Morgan fingerprint density at radius 3 is 0.897 bits per heavy atom. The van der Waals surface area contributed by atoms with Gasteiger partial charge < -0.3 is 5.73 Å². The highest BCUT2D eigenvalue weighted by atomic mass is 31.2. The number of rotatable bonds is 7. The van der Waals surface area contributed by atoms with Crippen LogP contribution in [0, 0.1) is 0 Å². The van der Waals surface area contributed by atoms with Gasteiger partial charge in [-0.25, -0.2) is 0 Å². The van der Waals surface area contributed by atoms with Crippen molar-refractivity contribution >= 4 is 37.1 Å². The summed E-state index contributed by atoms with van der Waals surface area (Å²) in [5.74, 6) is 0. The van der Waals surface area contributed by atoms with E-state index >= 15 is 0 Å². The van der Waals surface area contributed by atoms with Gasteiger partial charge in [0.1, 0.15) is 0 Å². The van der Waals surface area contributed by atoms with Crippen LogP contribution in [-0.4, -0.2) is 11.9 Å². The maximum absolute atomic E-state index is 6.56. The van der Waals surface area contributed by atoms with Crippen LogP contribution < -0.4 is 27.0 Å². The maximum Gasteiger partial charge on any atom is 0.0277 e. The molecule has 29 heavy (non-hydrogen) atoms. The van der Waals surface area contributed by atoms with Crippen molar-refractivity contribution in [3.8, 4) is 0 Å². The molecule has 1 nitrogen and oxygen atoms in total. The predicted octanol–water partition coefficient (Wildman–Crippen LogP) is 4.54. The van der Waals surface area contributed by atoms with Crippen molar-refractivity contribution in [3.05, 3.63) is 121 Å². The normalized spacial score (nSPS) is 11.3. The quantitative estimate of drug-likeness (QED) is 0.443. The Kier molecular flexibility index (Phi) is 6.86. The van der Waals surface area contributed by atoms with Crippen LogP contribution in [0.15, 0.2) is 121 Å². The number of hydrogen-bond acceptors (Lipinski definition) is 1. The third kappa shape index (κ3) is 4.65. The van der Waals surface area contributed by atoms with Gasteiger partial charge in [-0.3, -0.25) is 0 Å². The lowest BCUT2D eigenvalue weighted by molar-refractivity contribution is 1.09. The van der Waals surface area contributed by atoms with E-state index in [0.717, 1.165) is 0 Å². The molecule has 0 aliphatic heterocycles. The fourth-order valence-corrected chi connectivity index (χ4v) is 10.6. The Bertz CT molecular complexity index is 830. The molecule has 0 aromatic heterocycles. The van der Waals surface area contributed by atoms with E-state index < -0.39 is 15.8 Å². The fourth-order valence-electron chi connectivity index (χ4n) is 3.67. The average molecular weight is 413 g/mol. The van der Waals surface area contributed by atoms with Crippen LogP contribution in [-0.2, 0) is 0 Å². The summed E-state index contributed by atoms with van der Waals surface area (Å²) in [6, 6.07) is 43.7. The molecule has 0 saturated carbocycles. The summed E-state index contributed by atoms with van der Waals surface area (Å²) in [5, 5.41) is 5.92. The van der Waals surface area contributed by atoms with Gasteiger partial charge in [-0.05, 0) is 37.1 Å². The van der Waals surface area contributed by atoms with Gasteiger partial charge >= 0.3 is 0 Å². The second-order valence-corrected chi connectivity index (χ2v) is 12.0. The first-order valence-corrected chi connectivity index (χ1v) is 12.7. The summed E-state index contributed by atoms with van der Waals surface area (Å²) in [6.45, 7) is 0.658. The largest absolute Gasteiger partial charge is 0.329 e. The van der Waals surface area contributed by atoms with Crippen molar-refractivity contribution in [1.29, 1.82) is 0 Å². The highest BCUT2D eigenvalue weighted by Gasteiger charge is 2.32. The average Bonchev–Trinajstić information content (AvgIpc) is 2.81. The summed E-state index contributed by atoms with van der Waals surface area (Å²) in [5.41, 5.74) is 6.56. The lowest BCUT2D eigenvalue weighted by Crippen LogP contribution is -2.32. The van der Waals surface area contributed by atoms with Crippen molar-refractivity contribution in [2.45, 2.75) is 5.40 Å². The molecule has 0 saturated heterocycles. The first-order chi connectivity index (χ1) is 14.4. The number of nitrogens with two attached hydrogens (primary N) is 1. The molecule has 0 heterocycles. The number of hydrogen-bond donors (Lipinski definition) is 1. The monoisotopic (exact) mass is 413 g/mol. The molecule has 0 fully saturated rings. The third-order valence-corrected chi connectivity index (χ3v) is 11.4. The molecule has 4 rings (SSSR count). The standard InChI is InChI=1S/C26H25NP2/c27-21-26(28(22-13-5-1-6-14-22)23-15-7-2-8-16-23)29(24-17-9-3-10-18-24)25-19-11-4-12-20-25/h1-20,26H,21,27H2. The Hall–Kier alpha value is -2.30. The Balaban J connectivity index is 1.88. The van der Waals surface area contributed by atoms with Crippen LogP contribution in [0.1, 0.15) is 0 Å². The Morgan fingerprint density at radius 2 is 0.690 bits per heavy atom. The molecule has 0 radical (unpaired) electrons. The van der Waals surface area contributed by atoms with Crippen LogP contribution in [0.25, 0.3) is 0 Å². The van der Waals surface area contributed by atoms with Crippen LogP contribution in [0.4, 0.5) is 0 Å². The summed E-state index contributed by atoms with van der Waals surface area (Å²) in [6.07, 6.45) is 0. The van der Waals surface area contributed by atoms with E-state index in [1.165, 1.54) is 21.2 Å². The molecule has 3 heteroatoms. The predicted molar refractivity (Wildman–Crippen MR) is 131 cm³/mol. The summed E-state index contributed by atoms with van der Waals surface area (Å²) < 4.78 is 0. The number of benzene rings is 4. The summed E-state index contributed by atoms with van der Waals surface area (Å²) >= 11 is 0. The van der Waals surface area contributed by atoms with E-state index in [1.807, 2.05) is 0 Å². The van der Waals surface area contributed by atoms with Gasteiger partial charge in [0.05, 0.1) is 0 Å². The van der Waals surface area contributed by atoms with Crippen molar-refractivity contribution in [3.63, 3.8) is 0 Å². The molecule has 0 amide bonds. The molecule has 0 aliphatic carbocycles. The fraction of sp³-hybridized carbons (Fsp3) is 0.0769. The van der Waals surface area contributed by atoms with Crippen molar-refractivity contribution in [1.82, 2.24) is 0 Å². The molecule has 4 aromatic rings.